The molecule has 1 aliphatic heterocycles. The van der Waals surface area contributed by atoms with Crippen LogP contribution in [0.5, 0.6) is 5.75 Å². The number of aliphatic carboxylic acids is 1. The molecule has 0 aliphatic carbocycles. The second-order valence-electron chi connectivity index (χ2n) is 6.18. The van der Waals surface area contributed by atoms with Gasteiger partial charge < -0.3 is 19.7 Å². The summed E-state index contributed by atoms with van der Waals surface area (Å²) in [5, 5.41) is 9.68. The summed E-state index contributed by atoms with van der Waals surface area (Å²) in [4.78, 5) is 28.3. The topological polar surface area (TPSA) is 82.6 Å². The van der Waals surface area contributed by atoms with E-state index in [1.54, 1.807) is 11.0 Å². The molecule has 7 heteroatoms. The summed E-state index contributed by atoms with van der Waals surface area (Å²) in [6, 6.07) is 4.38. The van der Waals surface area contributed by atoms with Gasteiger partial charge in [0, 0.05) is 18.5 Å². The standard InChI is InChI=1S/C17H19FN2O4/c1-9-8-20(6-5-10(9)17(22)23)16(21)13-7-11-14(24-2)4-3-12(18)15(11)19-13/h3-4,7,9-10,19H,5-6,8H2,1-2H3,(H,22,23). The van der Waals surface area contributed by atoms with Gasteiger partial charge in [0.15, 0.2) is 0 Å². The summed E-state index contributed by atoms with van der Waals surface area (Å²) in [6.45, 7) is 2.56. The van der Waals surface area contributed by atoms with E-state index < -0.39 is 17.7 Å². The van der Waals surface area contributed by atoms with Gasteiger partial charge in [0.05, 0.1) is 18.5 Å². The highest BCUT2D eigenvalue weighted by Gasteiger charge is 2.33. The van der Waals surface area contributed by atoms with Crippen molar-refractivity contribution >= 4 is 22.8 Å². The van der Waals surface area contributed by atoms with Crippen molar-refractivity contribution in [2.45, 2.75) is 13.3 Å². The number of methoxy groups -OCH3 is 1. The second kappa shape index (κ2) is 6.14. The number of H-pyrrole nitrogens is 1. The average Bonchev–Trinajstić information content (AvgIpc) is 3.00. The number of benzene rings is 1. The molecule has 0 radical (unpaired) electrons. The Labute approximate surface area is 138 Å². The first-order valence-corrected chi connectivity index (χ1v) is 7.79. The Kier molecular flexibility index (Phi) is 4.17. The van der Waals surface area contributed by atoms with Crippen LogP contribution in [-0.4, -0.2) is 47.1 Å². The molecule has 1 aromatic heterocycles. The lowest BCUT2D eigenvalue weighted by molar-refractivity contribution is -0.145. The molecule has 0 saturated carbocycles. The van der Waals surface area contributed by atoms with Crippen LogP contribution in [0, 0.1) is 17.7 Å². The zero-order chi connectivity index (χ0) is 17.4. The summed E-state index contributed by atoms with van der Waals surface area (Å²) in [5.74, 6) is -1.62. The summed E-state index contributed by atoms with van der Waals surface area (Å²) in [5.41, 5.74) is 0.501. The third kappa shape index (κ3) is 2.70. The molecule has 1 aromatic carbocycles. The Hall–Kier alpha value is -2.57. The lowest BCUT2D eigenvalue weighted by Gasteiger charge is -2.34. The summed E-state index contributed by atoms with van der Waals surface area (Å²) in [7, 11) is 1.49. The predicted octanol–water partition coefficient (Wildman–Crippen LogP) is 2.50. The fourth-order valence-corrected chi connectivity index (χ4v) is 3.32. The number of fused-ring (bicyclic) bond motifs is 1. The Morgan fingerprint density at radius 2 is 2.17 bits per heavy atom. The minimum Gasteiger partial charge on any atom is -0.496 e. The van der Waals surface area contributed by atoms with Crippen LogP contribution in [0.1, 0.15) is 23.8 Å². The predicted molar refractivity (Wildman–Crippen MR) is 85.6 cm³/mol. The van der Waals surface area contributed by atoms with Crippen LogP contribution in [0.15, 0.2) is 18.2 Å². The summed E-state index contributed by atoms with van der Waals surface area (Å²) >= 11 is 0. The van der Waals surface area contributed by atoms with Gasteiger partial charge in [-0.05, 0) is 30.5 Å². The fourth-order valence-electron chi connectivity index (χ4n) is 3.32. The minimum absolute atomic E-state index is 0.129. The summed E-state index contributed by atoms with van der Waals surface area (Å²) in [6.07, 6.45) is 0.417. The van der Waals surface area contributed by atoms with Crippen molar-refractivity contribution in [3.8, 4) is 5.75 Å². The Balaban J connectivity index is 1.87. The van der Waals surface area contributed by atoms with Crippen molar-refractivity contribution in [1.82, 2.24) is 9.88 Å². The SMILES string of the molecule is COc1ccc(F)c2[nH]c(C(=O)N3CCC(C(=O)O)C(C)C3)cc12. The Morgan fingerprint density at radius 1 is 1.42 bits per heavy atom. The molecular weight excluding hydrogens is 315 g/mol. The highest BCUT2D eigenvalue weighted by atomic mass is 19.1. The van der Waals surface area contributed by atoms with Crippen LogP contribution in [0.4, 0.5) is 4.39 Å². The quantitative estimate of drug-likeness (QED) is 0.903. The number of carbonyl (C=O) groups excluding carboxylic acids is 1. The number of hydrogen-bond donors (Lipinski definition) is 2. The van der Waals surface area contributed by atoms with E-state index in [4.69, 9.17) is 9.84 Å². The van der Waals surface area contributed by atoms with Gasteiger partial charge in [-0.15, -0.1) is 0 Å². The van der Waals surface area contributed by atoms with Gasteiger partial charge in [-0.3, -0.25) is 9.59 Å². The average molecular weight is 334 g/mol. The molecule has 0 spiro atoms. The molecule has 3 rings (SSSR count). The Morgan fingerprint density at radius 3 is 2.79 bits per heavy atom. The van der Waals surface area contributed by atoms with Gasteiger partial charge in [-0.2, -0.15) is 0 Å². The maximum absolute atomic E-state index is 13.9. The van der Waals surface area contributed by atoms with Gasteiger partial charge in [0.1, 0.15) is 17.3 Å². The third-order valence-corrected chi connectivity index (χ3v) is 4.66. The van der Waals surface area contributed by atoms with Crippen molar-refractivity contribution in [3.05, 3.63) is 29.7 Å². The zero-order valence-electron chi connectivity index (χ0n) is 13.5. The largest absolute Gasteiger partial charge is 0.496 e. The molecule has 1 amide bonds. The smallest absolute Gasteiger partial charge is 0.306 e. The van der Waals surface area contributed by atoms with Crippen molar-refractivity contribution in [3.63, 3.8) is 0 Å². The number of rotatable bonds is 3. The molecule has 1 fully saturated rings. The molecule has 1 saturated heterocycles. The van der Waals surface area contributed by atoms with Crippen LogP contribution in [-0.2, 0) is 4.79 Å². The lowest BCUT2D eigenvalue weighted by Crippen LogP contribution is -2.45. The molecule has 128 valence electrons. The van der Waals surface area contributed by atoms with E-state index >= 15 is 0 Å². The molecule has 6 nitrogen and oxygen atoms in total. The first-order chi connectivity index (χ1) is 11.4. The van der Waals surface area contributed by atoms with Gasteiger partial charge >= 0.3 is 5.97 Å². The number of halogens is 1. The number of piperidine rings is 1. The molecule has 2 atom stereocenters. The highest BCUT2D eigenvalue weighted by molar-refractivity contribution is 6.00. The zero-order valence-corrected chi connectivity index (χ0v) is 13.5. The maximum atomic E-state index is 13.9. The molecule has 1 aliphatic rings. The molecule has 2 unspecified atom stereocenters. The summed E-state index contributed by atoms with van der Waals surface area (Å²) < 4.78 is 19.1. The number of carbonyl (C=O) groups is 2. The van der Waals surface area contributed by atoms with E-state index in [0.717, 1.165) is 0 Å². The van der Waals surface area contributed by atoms with Gasteiger partial charge in [-0.25, -0.2) is 4.39 Å². The van der Waals surface area contributed by atoms with E-state index in [0.29, 0.717) is 30.6 Å². The minimum atomic E-state index is -0.827. The fraction of sp³-hybridized carbons (Fsp3) is 0.412. The molecule has 2 heterocycles. The van der Waals surface area contributed by atoms with Crippen molar-refractivity contribution in [2.75, 3.05) is 20.2 Å². The number of nitrogens with zero attached hydrogens (tertiary/aromatic N) is 1. The first-order valence-electron chi connectivity index (χ1n) is 7.79. The number of hydrogen-bond acceptors (Lipinski definition) is 3. The number of nitrogens with one attached hydrogen (secondary N) is 1. The molecule has 24 heavy (non-hydrogen) atoms. The third-order valence-electron chi connectivity index (χ3n) is 4.66. The van der Waals surface area contributed by atoms with Crippen molar-refractivity contribution in [2.24, 2.45) is 11.8 Å². The normalized spacial score (nSPS) is 21.0. The van der Waals surface area contributed by atoms with Crippen molar-refractivity contribution in [1.29, 1.82) is 0 Å². The number of aromatic nitrogens is 1. The van der Waals surface area contributed by atoms with Crippen LogP contribution in [0.25, 0.3) is 10.9 Å². The monoisotopic (exact) mass is 334 g/mol. The molecular formula is C17H19FN2O4. The van der Waals surface area contributed by atoms with E-state index in [1.165, 1.54) is 19.2 Å². The van der Waals surface area contributed by atoms with E-state index in [2.05, 4.69) is 4.98 Å². The van der Waals surface area contributed by atoms with E-state index in [-0.39, 0.29) is 23.0 Å². The lowest BCUT2D eigenvalue weighted by atomic mass is 9.87. The van der Waals surface area contributed by atoms with Crippen LogP contribution >= 0.6 is 0 Å². The van der Waals surface area contributed by atoms with Gasteiger partial charge in [-0.1, -0.05) is 6.92 Å². The number of aromatic amines is 1. The number of ether oxygens (including phenoxy) is 1. The van der Waals surface area contributed by atoms with Crippen LogP contribution < -0.4 is 4.74 Å². The number of carboxylic acid groups (broad SMARTS) is 1. The first kappa shape index (κ1) is 16.3. The van der Waals surface area contributed by atoms with E-state index in [1.807, 2.05) is 6.92 Å². The maximum Gasteiger partial charge on any atom is 0.306 e. The molecule has 2 aromatic rings. The van der Waals surface area contributed by atoms with Crippen LogP contribution in [0.2, 0.25) is 0 Å². The molecule has 0 bridgehead atoms. The number of likely N-dealkylation sites (tertiary alicyclic amines) is 1. The Bertz CT molecular complexity index is 801. The van der Waals surface area contributed by atoms with Crippen LogP contribution in [0.3, 0.4) is 0 Å². The van der Waals surface area contributed by atoms with Gasteiger partial charge in [0.25, 0.3) is 5.91 Å². The van der Waals surface area contributed by atoms with Gasteiger partial charge in [0.2, 0.25) is 0 Å². The number of amides is 1. The van der Waals surface area contributed by atoms with Crippen molar-refractivity contribution < 1.29 is 23.8 Å². The molecule has 2 N–H and O–H groups in total. The second-order valence-corrected chi connectivity index (χ2v) is 6.18. The van der Waals surface area contributed by atoms with E-state index in [9.17, 15) is 14.0 Å². The highest BCUT2D eigenvalue weighted by Crippen LogP contribution is 2.30. The number of carboxylic acids is 1.